The van der Waals surface area contributed by atoms with Crippen molar-refractivity contribution in [2.75, 3.05) is 10.6 Å². The Bertz CT molecular complexity index is 1990. The van der Waals surface area contributed by atoms with Crippen LogP contribution in [0.5, 0.6) is 0 Å². The zero-order valence-electron chi connectivity index (χ0n) is 24.9. The van der Waals surface area contributed by atoms with Crippen molar-refractivity contribution in [3.05, 3.63) is 113 Å². The molecule has 0 aliphatic heterocycles. The van der Waals surface area contributed by atoms with Crippen LogP contribution in [0.4, 0.5) is 28.9 Å². The van der Waals surface area contributed by atoms with Crippen molar-refractivity contribution in [3.63, 3.8) is 0 Å². The fourth-order valence-corrected chi connectivity index (χ4v) is 5.80. The number of nitrogens with one attached hydrogen (secondary N) is 2. The molecule has 2 aromatic heterocycles. The number of anilines is 2. The van der Waals surface area contributed by atoms with Gasteiger partial charge in [-0.15, -0.1) is 5.10 Å². The van der Waals surface area contributed by atoms with Gasteiger partial charge in [0.2, 0.25) is 0 Å². The highest BCUT2D eigenvalue weighted by Gasteiger charge is 2.66. The third kappa shape index (κ3) is 5.28. The van der Waals surface area contributed by atoms with Crippen molar-refractivity contribution in [1.82, 2.24) is 20.0 Å². The molecule has 2 N–H and O–H groups in total. The Morgan fingerprint density at radius 3 is 2.33 bits per heavy atom. The Labute approximate surface area is 263 Å². The van der Waals surface area contributed by atoms with E-state index in [4.69, 9.17) is 0 Å². The zero-order valence-corrected chi connectivity index (χ0v) is 24.9. The van der Waals surface area contributed by atoms with E-state index in [1.807, 2.05) is 37.3 Å². The van der Waals surface area contributed by atoms with E-state index < -0.39 is 23.0 Å². The molecule has 46 heavy (non-hydrogen) atoms. The first kappa shape index (κ1) is 30.6. The Morgan fingerprint density at radius 2 is 1.72 bits per heavy atom. The van der Waals surface area contributed by atoms with Gasteiger partial charge >= 0.3 is 6.18 Å². The molecule has 0 saturated heterocycles. The fourth-order valence-electron chi connectivity index (χ4n) is 5.80. The third-order valence-corrected chi connectivity index (χ3v) is 8.65. The second kappa shape index (κ2) is 11.5. The van der Waals surface area contributed by atoms with Crippen molar-refractivity contribution in [2.24, 2.45) is 0 Å². The fraction of sp³-hybridized carbons (Fsp3) is 0.242. The summed E-state index contributed by atoms with van der Waals surface area (Å²) in [5.41, 5.74) is -0.0483. The van der Waals surface area contributed by atoms with Crippen LogP contribution in [-0.2, 0) is 11.0 Å². The minimum atomic E-state index is -4.51. The minimum Gasteiger partial charge on any atom is -0.378 e. The largest absolute Gasteiger partial charge is 0.413 e. The molecule has 8 nitrogen and oxygen atoms in total. The van der Waals surface area contributed by atoms with E-state index in [-0.39, 0.29) is 35.7 Å². The Kier molecular flexibility index (Phi) is 7.65. The summed E-state index contributed by atoms with van der Waals surface area (Å²) in [4.78, 5) is 4.43. The molecule has 2 atom stereocenters. The van der Waals surface area contributed by atoms with Crippen molar-refractivity contribution >= 4 is 30.1 Å². The molecular weight excluding hydrogens is 595 g/mol. The maximum absolute atomic E-state index is 14.0. The molecule has 3 aromatic carbocycles. The average Bonchev–Trinajstić information content (AvgIpc) is 3.73. The maximum atomic E-state index is 14.0. The zero-order chi connectivity index (χ0) is 32.7. The van der Waals surface area contributed by atoms with Gasteiger partial charge in [0.25, 0.3) is 0 Å². The van der Waals surface area contributed by atoms with Crippen molar-refractivity contribution in [2.45, 2.75) is 49.4 Å². The molecule has 230 valence electrons. The summed E-state index contributed by atoms with van der Waals surface area (Å²) in [6, 6.07) is 22.8. The van der Waals surface area contributed by atoms with Crippen LogP contribution in [-0.4, -0.2) is 34.0 Å². The second-order valence-electron chi connectivity index (χ2n) is 11.5. The van der Waals surface area contributed by atoms with Crippen LogP contribution in [0, 0.1) is 28.5 Å². The molecule has 1 unspecified atom stereocenters. The van der Waals surface area contributed by atoms with Gasteiger partial charge in [0, 0.05) is 17.3 Å². The van der Waals surface area contributed by atoms with Crippen LogP contribution < -0.4 is 10.6 Å². The predicted octanol–water partition coefficient (Wildman–Crippen LogP) is 6.27. The Morgan fingerprint density at radius 1 is 1.02 bits per heavy atom. The molecule has 5 aromatic rings. The lowest BCUT2D eigenvalue weighted by atomic mass is 9.69. The van der Waals surface area contributed by atoms with Gasteiger partial charge in [-0.3, -0.25) is 4.98 Å². The van der Waals surface area contributed by atoms with Crippen LogP contribution in [0.25, 0.3) is 10.9 Å². The minimum absolute atomic E-state index is 0.109. The standard InChI is InChI=1S/C33H27BF4N8/c1-2-27(20-6-4-3-5-7-20)42-30-22(17-40)18-41-29-21(16-39)14-25(15-26(29)30)43-32(34,23-8-10-24(35)11-9-23)28-19-46(45-44-28)31(12-13-31)33(36,37)38/h3-11,14-15,18-19,27,43H,2,12-13,34H2,1H3,(H,41,42)/t27-,32?/m1/s1. The highest BCUT2D eigenvalue weighted by atomic mass is 19.4. The van der Waals surface area contributed by atoms with Crippen molar-refractivity contribution < 1.29 is 17.6 Å². The van der Waals surface area contributed by atoms with Crippen LogP contribution in [0.1, 0.15) is 60.2 Å². The lowest BCUT2D eigenvalue weighted by molar-refractivity contribution is -0.182. The van der Waals surface area contributed by atoms with Crippen LogP contribution in [0.2, 0.25) is 0 Å². The number of aromatic nitrogens is 4. The van der Waals surface area contributed by atoms with Gasteiger partial charge in [-0.2, -0.15) is 23.7 Å². The van der Waals surface area contributed by atoms with Gasteiger partial charge in [0.05, 0.1) is 40.0 Å². The quantitative estimate of drug-likeness (QED) is 0.147. The monoisotopic (exact) mass is 622 g/mol. The molecule has 1 fully saturated rings. The second-order valence-corrected chi connectivity index (χ2v) is 11.5. The van der Waals surface area contributed by atoms with Crippen LogP contribution >= 0.6 is 0 Å². The molecule has 2 heterocycles. The molecular formula is C33H27BF4N8. The average molecular weight is 622 g/mol. The predicted molar refractivity (Wildman–Crippen MR) is 167 cm³/mol. The van der Waals surface area contributed by atoms with Crippen molar-refractivity contribution in [3.8, 4) is 12.1 Å². The summed E-state index contributed by atoms with van der Waals surface area (Å²) in [5, 5.41) is 35.6. The number of hydrogen-bond donors (Lipinski definition) is 2. The molecule has 0 radical (unpaired) electrons. The summed E-state index contributed by atoms with van der Waals surface area (Å²) in [5.74, 6) is -0.490. The number of halogens is 4. The Balaban J connectivity index is 1.49. The molecule has 1 aliphatic carbocycles. The topological polar surface area (TPSA) is 115 Å². The number of hydrogen-bond acceptors (Lipinski definition) is 7. The summed E-state index contributed by atoms with van der Waals surface area (Å²) < 4.78 is 56.7. The summed E-state index contributed by atoms with van der Waals surface area (Å²) >= 11 is 0. The van der Waals surface area contributed by atoms with Gasteiger partial charge in [-0.1, -0.05) is 54.6 Å². The van der Waals surface area contributed by atoms with Gasteiger partial charge in [0.15, 0.2) is 5.54 Å². The van der Waals surface area contributed by atoms with E-state index in [0.29, 0.717) is 34.3 Å². The normalized spacial score (nSPS) is 15.7. The van der Waals surface area contributed by atoms with Gasteiger partial charge in [-0.25, -0.2) is 9.07 Å². The summed E-state index contributed by atoms with van der Waals surface area (Å²) in [6.45, 7) is 2.01. The number of benzene rings is 3. The van der Waals surface area contributed by atoms with Crippen LogP contribution in [0.15, 0.2) is 79.1 Å². The van der Waals surface area contributed by atoms with E-state index >= 15 is 0 Å². The summed E-state index contributed by atoms with van der Waals surface area (Å²) in [7, 11) is 1.70. The highest BCUT2D eigenvalue weighted by molar-refractivity contribution is 6.19. The first-order chi connectivity index (χ1) is 22.0. The van der Waals surface area contributed by atoms with E-state index in [1.165, 1.54) is 36.7 Å². The number of pyridine rings is 1. The van der Waals surface area contributed by atoms with Gasteiger partial charge in [0.1, 0.15) is 31.5 Å². The smallest absolute Gasteiger partial charge is 0.378 e. The van der Waals surface area contributed by atoms with E-state index in [1.54, 1.807) is 20.0 Å². The summed E-state index contributed by atoms with van der Waals surface area (Å²) in [6.07, 6.45) is -1.35. The van der Waals surface area contributed by atoms with E-state index in [0.717, 1.165) is 10.2 Å². The SMILES string of the molecule is BC(Nc1cc(C#N)c2ncc(C#N)c(N[C@H](CC)c3ccccc3)c2c1)(c1ccc(F)cc1)c1cn(C2(C(F)(F)F)CC2)nn1. The molecule has 1 saturated carbocycles. The molecule has 0 amide bonds. The van der Waals surface area contributed by atoms with Crippen molar-refractivity contribution in [1.29, 1.82) is 10.5 Å². The first-order valence-corrected chi connectivity index (χ1v) is 14.7. The number of nitriles is 2. The molecule has 1 aliphatic rings. The molecule has 6 rings (SSSR count). The van der Waals surface area contributed by atoms with E-state index in [2.05, 4.69) is 38.1 Å². The number of nitrogens with zero attached hydrogens (tertiary/aromatic N) is 6. The van der Waals surface area contributed by atoms with Gasteiger partial charge in [-0.05, 0) is 54.7 Å². The molecule has 13 heteroatoms. The number of rotatable bonds is 9. The van der Waals surface area contributed by atoms with E-state index in [9.17, 15) is 28.1 Å². The molecule has 0 bridgehead atoms. The Hall–Kier alpha value is -5.43. The van der Waals surface area contributed by atoms with Crippen LogP contribution in [0.3, 0.4) is 0 Å². The number of fused-ring (bicyclic) bond motifs is 1. The lowest BCUT2D eigenvalue weighted by Gasteiger charge is -2.31. The van der Waals surface area contributed by atoms with Gasteiger partial charge < -0.3 is 10.6 Å². The third-order valence-electron chi connectivity index (χ3n) is 8.65. The maximum Gasteiger partial charge on any atom is 0.413 e. The first-order valence-electron chi connectivity index (χ1n) is 14.7. The lowest BCUT2D eigenvalue weighted by Crippen LogP contribution is -2.38. The highest BCUT2D eigenvalue weighted by Crippen LogP contribution is 2.55. The number of alkyl halides is 3. The molecule has 0 spiro atoms.